The summed E-state index contributed by atoms with van der Waals surface area (Å²) in [7, 11) is 0. The smallest absolute Gasteiger partial charge is 0.134 e. The first-order valence-electron chi connectivity index (χ1n) is 8.50. The van der Waals surface area contributed by atoms with E-state index in [1.165, 1.54) is 32.5 Å². The van der Waals surface area contributed by atoms with Crippen molar-refractivity contribution in [3.63, 3.8) is 0 Å². The molecule has 0 spiro atoms. The quantitative estimate of drug-likeness (QED) is 0.915. The van der Waals surface area contributed by atoms with Crippen LogP contribution in [0.5, 0.6) is 0 Å². The van der Waals surface area contributed by atoms with E-state index in [4.69, 9.17) is 16.0 Å². The Labute approximate surface area is 142 Å². The molecule has 0 radical (unpaired) electrons. The fourth-order valence-electron chi connectivity index (χ4n) is 3.92. The number of rotatable bonds is 4. The lowest BCUT2D eigenvalue weighted by atomic mass is 9.84. The number of nitrogens with zero attached hydrogens (tertiary/aromatic N) is 1. The van der Waals surface area contributed by atoms with Gasteiger partial charge in [-0.3, -0.25) is 0 Å². The van der Waals surface area contributed by atoms with Crippen molar-refractivity contribution in [3.8, 4) is 11.3 Å². The number of hydrogen-bond donors (Lipinski definition) is 1. The van der Waals surface area contributed by atoms with Gasteiger partial charge in [-0.15, -0.1) is 0 Å². The highest BCUT2D eigenvalue weighted by Crippen LogP contribution is 2.30. The fraction of sp³-hybridized carbons (Fsp3) is 0.474. The molecule has 3 aliphatic rings. The summed E-state index contributed by atoms with van der Waals surface area (Å²) in [6.07, 6.45) is 2.67. The Kier molecular flexibility index (Phi) is 4.18. The first-order valence-corrected chi connectivity index (χ1v) is 8.88. The van der Waals surface area contributed by atoms with Crippen LogP contribution in [-0.2, 0) is 6.54 Å². The molecule has 1 aromatic heterocycles. The van der Waals surface area contributed by atoms with Gasteiger partial charge in [0.1, 0.15) is 11.5 Å². The van der Waals surface area contributed by atoms with Crippen LogP contribution in [0, 0.1) is 12.8 Å². The minimum atomic E-state index is 0.610. The van der Waals surface area contributed by atoms with Crippen molar-refractivity contribution in [1.29, 1.82) is 0 Å². The van der Waals surface area contributed by atoms with E-state index in [1.807, 2.05) is 25.1 Å². The van der Waals surface area contributed by atoms with Gasteiger partial charge in [0.15, 0.2) is 0 Å². The van der Waals surface area contributed by atoms with Gasteiger partial charge in [-0.2, -0.15) is 0 Å². The SMILES string of the molecule is Cc1c(Cl)cccc1-c1ccc(CNC2CN3CCC2CC3)o1. The number of furan rings is 1. The summed E-state index contributed by atoms with van der Waals surface area (Å²) in [5.41, 5.74) is 2.15. The molecule has 2 bridgehead atoms. The molecule has 1 unspecified atom stereocenters. The topological polar surface area (TPSA) is 28.4 Å². The van der Waals surface area contributed by atoms with E-state index in [1.54, 1.807) is 0 Å². The summed E-state index contributed by atoms with van der Waals surface area (Å²) in [6, 6.07) is 10.7. The molecule has 122 valence electrons. The average molecular weight is 331 g/mol. The van der Waals surface area contributed by atoms with Crippen LogP contribution >= 0.6 is 11.6 Å². The van der Waals surface area contributed by atoms with Gasteiger partial charge in [0, 0.05) is 23.2 Å². The number of fused-ring (bicyclic) bond motifs is 3. The Hall–Kier alpha value is -1.29. The molecule has 0 amide bonds. The van der Waals surface area contributed by atoms with Crippen LogP contribution in [0.25, 0.3) is 11.3 Å². The number of hydrogen-bond acceptors (Lipinski definition) is 3. The maximum atomic E-state index is 6.21. The van der Waals surface area contributed by atoms with Crippen LogP contribution in [0.15, 0.2) is 34.7 Å². The normalized spacial score (nSPS) is 26.6. The van der Waals surface area contributed by atoms with E-state index >= 15 is 0 Å². The van der Waals surface area contributed by atoms with Crippen molar-refractivity contribution >= 4 is 11.6 Å². The van der Waals surface area contributed by atoms with Crippen molar-refractivity contribution in [2.45, 2.75) is 32.4 Å². The summed E-state index contributed by atoms with van der Waals surface area (Å²) in [5.74, 6) is 2.73. The Balaban J connectivity index is 1.43. The van der Waals surface area contributed by atoms with Gasteiger partial charge in [-0.1, -0.05) is 23.7 Å². The zero-order valence-electron chi connectivity index (χ0n) is 13.5. The van der Waals surface area contributed by atoms with Crippen molar-refractivity contribution in [2.24, 2.45) is 5.92 Å². The number of nitrogens with one attached hydrogen (secondary N) is 1. The third kappa shape index (κ3) is 3.06. The predicted octanol–water partition coefficient (Wildman–Crippen LogP) is 4.09. The Morgan fingerprint density at radius 1 is 1.22 bits per heavy atom. The van der Waals surface area contributed by atoms with Gasteiger partial charge in [0.05, 0.1) is 6.54 Å². The van der Waals surface area contributed by atoms with E-state index in [9.17, 15) is 0 Å². The molecule has 4 heterocycles. The molecule has 3 aliphatic heterocycles. The lowest BCUT2D eigenvalue weighted by molar-refractivity contribution is 0.0711. The third-order valence-electron chi connectivity index (χ3n) is 5.39. The molecular weight excluding hydrogens is 308 g/mol. The fourth-order valence-corrected chi connectivity index (χ4v) is 4.09. The summed E-state index contributed by atoms with van der Waals surface area (Å²) < 4.78 is 6.04. The van der Waals surface area contributed by atoms with Crippen LogP contribution in [0.3, 0.4) is 0 Å². The Morgan fingerprint density at radius 3 is 2.78 bits per heavy atom. The lowest BCUT2D eigenvalue weighted by Gasteiger charge is -2.45. The van der Waals surface area contributed by atoms with Gasteiger partial charge in [-0.25, -0.2) is 0 Å². The Bertz CT molecular complexity index is 688. The second-order valence-corrected chi connectivity index (χ2v) is 7.21. The van der Waals surface area contributed by atoms with Crippen molar-refractivity contribution in [3.05, 3.63) is 46.7 Å². The zero-order chi connectivity index (χ0) is 15.8. The van der Waals surface area contributed by atoms with E-state index in [-0.39, 0.29) is 0 Å². The molecule has 3 nitrogen and oxygen atoms in total. The number of halogens is 1. The van der Waals surface area contributed by atoms with Crippen molar-refractivity contribution in [1.82, 2.24) is 10.2 Å². The van der Waals surface area contributed by atoms with Gasteiger partial charge in [-0.05, 0) is 62.5 Å². The van der Waals surface area contributed by atoms with E-state index < -0.39 is 0 Å². The molecule has 1 aromatic carbocycles. The predicted molar refractivity (Wildman–Crippen MR) is 93.7 cm³/mol. The number of piperidine rings is 3. The minimum absolute atomic E-state index is 0.610. The first-order chi connectivity index (χ1) is 11.2. The summed E-state index contributed by atoms with van der Waals surface area (Å²) >= 11 is 6.21. The monoisotopic (exact) mass is 330 g/mol. The molecule has 3 fully saturated rings. The van der Waals surface area contributed by atoms with Crippen LogP contribution in [0.2, 0.25) is 5.02 Å². The summed E-state index contributed by atoms with van der Waals surface area (Å²) in [5, 5.41) is 4.48. The highest BCUT2D eigenvalue weighted by atomic mass is 35.5. The number of benzene rings is 1. The van der Waals surface area contributed by atoms with E-state index in [0.717, 1.165) is 40.1 Å². The van der Waals surface area contributed by atoms with Gasteiger partial charge in [0.2, 0.25) is 0 Å². The molecular formula is C19H23ClN2O. The molecule has 1 atom stereocenters. The van der Waals surface area contributed by atoms with Crippen LogP contribution in [0.4, 0.5) is 0 Å². The second-order valence-electron chi connectivity index (χ2n) is 6.80. The molecule has 0 aliphatic carbocycles. The van der Waals surface area contributed by atoms with Crippen LogP contribution in [0.1, 0.15) is 24.2 Å². The average Bonchev–Trinajstić information content (AvgIpc) is 3.05. The van der Waals surface area contributed by atoms with E-state index in [0.29, 0.717) is 6.04 Å². The van der Waals surface area contributed by atoms with Gasteiger partial charge in [0.25, 0.3) is 0 Å². The largest absolute Gasteiger partial charge is 0.460 e. The molecule has 23 heavy (non-hydrogen) atoms. The Morgan fingerprint density at radius 2 is 2.04 bits per heavy atom. The first kappa shape index (κ1) is 15.3. The van der Waals surface area contributed by atoms with Gasteiger partial charge < -0.3 is 14.6 Å². The molecule has 5 rings (SSSR count). The maximum absolute atomic E-state index is 6.21. The highest BCUT2D eigenvalue weighted by Gasteiger charge is 2.33. The maximum Gasteiger partial charge on any atom is 0.134 e. The summed E-state index contributed by atoms with van der Waals surface area (Å²) in [4.78, 5) is 2.57. The molecule has 0 saturated carbocycles. The van der Waals surface area contributed by atoms with Crippen molar-refractivity contribution < 1.29 is 4.42 Å². The van der Waals surface area contributed by atoms with Crippen molar-refractivity contribution in [2.75, 3.05) is 19.6 Å². The second kappa shape index (κ2) is 6.31. The van der Waals surface area contributed by atoms with Gasteiger partial charge >= 0.3 is 0 Å². The highest BCUT2D eigenvalue weighted by molar-refractivity contribution is 6.31. The molecule has 3 saturated heterocycles. The van der Waals surface area contributed by atoms with Crippen LogP contribution < -0.4 is 5.32 Å². The summed E-state index contributed by atoms with van der Waals surface area (Å²) in [6.45, 7) is 6.58. The third-order valence-corrected chi connectivity index (χ3v) is 5.80. The lowest BCUT2D eigenvalue weighted by Crippen LogP contribution is -2.55. The molecule has 2 aromatic rings. The van der Waals surface area contributed by atoms with Crippen LogP contribution in [-0.4, -0.2) is 30.6 Å². The zero-order valence-corrected chi connectivity index (χ0v) is 14.3. The molecule has 1 N–H and O–H groups in total. The molecule has 4 heteroatoms. The van der Waals surface area contributed by atoms with E-state index in [2.05, 4.69) is 22.3 Å². The minimum Gasteiger partial charge on any atom is -0.460 e. The standard InChI is InChI=1S/C19H23ClN2O/c1-13-16(3-2-4-17(13)20)19-6-5-15(23-19)11-21-18-12-22-9-7-14(18)8-10-22/h2-6,14,18,21H,7-12H2,1H3.